The summed E-state index contributed by atoms with van der Waals surface area (Å²) in [5, 5.41) is 3.98. The molecular formula is C17H14ClNO3S. The largest absolute Gasteiger partial charge is 0.359 e. The zero-order valence-corrected chi connectivity index (χ0v) is 13.7. The molecule has 2 aromatic carbocycles. The summed E-state index contributed by atoms with van der Waals surface area (Å²) in [5.41, 5.74) is 2.13. The Morgan fingerprint density at radius 2 is 1.74 bits per heavy atom. The van der Waals surface area contributed by atoms with E-state index in [9.17, 15) is 8.42 Å². The molecule has 0 N–H and O–H groups in total. The highest BCUT2D eigenvalue weighted by Gasteiger charge is 2.19. The summed E-state index contributed by atoms with van der Waals surface area (Å²) in [4.78, 5) is 0.171. The summed E-state index contributed by atoms with van der Waals surface area (Å²) >= 11 is 5.82. The average molecular weight is 350 g/mol. The molecule has 0 aliphatic heterocycles. The van der Waals surface area contributed by atoms with Gasteiger partial charge in [-0.25, -0.2) is 8.42 Å². The highest BCUT2D eigenvalue weighted by Crippen LogP contribution is 2.35. The molecule has 3 aromatic rings. The standard InChI is InChI=1S/C17H14ClNO3S/c1-23(20,21)14-9-7-12(8-10-14)16-15(11-18)22-19-17(16)13-5-3-2-4-6-13/h2-10H,11H2,1H3/i11D2. The van der Waals surface area contributed by atoms with E-state index in [0.717, 1.165) is 11.8 Å². The van der Waals surface area contributed by atoms with Crippen molar-refractivity contribution < 1.29 is 15.7 Å². The minimum Gasteiger partial charge on any atom is -0.359 e. The number of nitrogens with zero attached hydrogens (tertiary/aromatic N) is 1. The number of rotatable bonds is 4. The molecule has 1 aromatic heterocycles. The lowest BCUT2D eigenvalue weighted by Crippen LogP contribution is -1.96. The van der Waals surface area contributed by atoms with E-state index in [2.05, 4.69) is 5.16 Å². The van der Waals surface area contributed by atoms with E-state index < -0.39 is 15.7 Å². The van der Waals surface area contributed by atoms with Crippen LogP contribution in [0.4, 0.5) is 0 Å². The molecular weight excluding hydrogens is 334 g/mol. The van der Waals surface area contributed by atoms with E-state index in [-0.39, 0.29) is 10.7 Å². The Kier molecular flexibility index (Phi) is 3.58. The molecule has 3 rings (SSSR count). The van der Waals surface area contributed by atoms with E-state index in [1.807, 2.05) is 30.3 Å². The minimum absolute atomic E-state index is 0.125. The van der Waals surface area contributed by atoms with Crippen molar-refractivity contribution in [3.8, 4) is 22.4 Å². The van der Waals surface area contributed by atoms with Gasteiger partial charge in [-0.3, -0.25) is 0 Å². The molecule has 4 nitrogen and oxygen atoms in total. The zero-order chi connectivity index (χ0) is 18.2. The Balaban J connectivity index is 2.21. The van der Waals surface area contributed by atoms with E-state index in [1.165, 1.54) is 12.1 Å². The van der Waals surface area contributed by atoms with Crippen LogP contribution in [0.1, 0.15) is 8.50 Å². The minimum atomic E-state index is -3.33. The van der Waals surface area contributed by atoms with Crippen LogP contribution < -0.4 is 0 Å². The summed E-state index contributed by atoms with van der Waals surface area (Å²) < 4.78 is 44.0. The summed E-state index contributed by atoms with van der Waals surface area (Å²) in [6.07, 6.45) is 1.12. The highest BCUT2D eigenvalue weighted by molar-refractivity contribution is 7.90. The summed E-state index contributed by atoms with van der Waals surface area (Å²) in [7, 11) is -3.33. The van der Waals surface area contributed by atoms with Gasteiger partial charge in [0.05, 0.1) is 19.0 Å². The van der Waals surface area contributed by atoms with Crippen LogP contribution in [0.15, 0.2) is 64.0 Å². The molecule has 0 unspecified atom stereocenters. The fourth-order valence-electron chi connectivity index (χ4n) is 2.28. The average Bonchev–Trinajstić information content (AvgIpc) is 3.00. The Labute approximate surface area is 142 Å². The van der Waals surface area contributed by atoms with Crippen LogP contribution in [0.25, 0.3) is 22.4 Å². The molecule has 118 valence electrons. The van der Waals surface area contributed by atoms with Gasteiger partial charge in [-0.05, 0) is 17.7 Å². The maximum Gasteiger partial charge on any atom is 0.175 e. The molecule has 0 fully saturated rings. The quantitative estimate of drug-likeness (QED) is 0.664. The molecule has 0 spiro atoms. The van der Waals surface area contributed by atoms with Gasteiger partial charge in [0.25, 0.3) is 0 Å². The van der Waals surface area contributed by atoms with Crippen LogP contribution in [0.3, 0.4) is 0 Å². The first-order chi connectivity index (χ1) is 11.7. The monoisotopic (exact) mass is 349 g/mol. The molecule has 0 saturated carbocycles. The van der Waals surface area contributed by atoms with Crippen LogP contribution in [-0.2, 0) is 15.7 Å². The van der Waals surface area contributed by atoms with Crippen molar-refractivity contribution in [2.24, 2.45) is 0 Å². The number of alkyl halides is 1. The maximum absolute atomic E-state index is 11.6. The third kappa shape index (κ3) is 3.16. The van der Waals surface area contributed by atoms with E-state index in [1.54, 1.807) is 12.1 Å². The van der Waals surface area contributed by atoms with Crippen LogP contribution in [0, 0.1) is 0 Å². The van der Waals surface area contributed by atoms with Crippen LogP contribution >= 0.6 is 11.6 Å². The Bertz CT molecular complexity index is 995. The van der Waals surface area contributed by atoms with Gasteiger partial charge in [-0.15, -0.1) is 11.6 Å². The smallest absolute Gasteiger partial charge is 0.175 e. The first-order valence-electron chi connectivity index (χ1n) is 7.73. The first kappa shape index (κ1) is 13.3. The number of sulfone groups is 1. The summed E-state index contributed by atoms with van der Waals surface area (Å²) in [6.45, 7) is 0. The Morgan fingerprint density at radius 3 is 2.30 bits per heavy atom. The number of benzene rings is 2. The van der Waals surface area contributed by atoms with Crippen LogP contribution in [0.2, 0.25) is 0 Å². The lowest BCUT2D eigenvalue weighted by atomic mass is 9.99. The summed E-state index contributed by atoms with van der Waals surface area (Å²) in [6, 6.07) is 15.2. The van der Waals surface area contributed by atoms with Crippen molar-refractivity contribution in [2.75, 3.05) is 6.26 Å². The molecule has 0 radical (unpaired) electrons. The predicted molar refractivity (Wildman–Crippen MR) is 90.0 cm³/mol. The van der Waals surface area contributed by atoms with Crippen molar-refractivity contribution in [1.29, 1.82) is 0 Å². The van der Waals surface area contributed by atoms with Crippen LogP contribution in [-0.4, -0.2) is 19.8 Å². The second kappa shape index (κ2) is 6.18. The molecule has 23 heavy (non-hydrogen) atoms. The second-order valence-electron chi connectivity index (χ2n) is 4.99. The Morgan fingerprint density at radius 1 is 1.09 bits per heavy atom. The van der Waals surface area contributed by atoms with Gasteiger partial charge in [0.1, 0.15) is 5.69 Å². The molecule has 0 aliphatic rings. The normalized spacial score (nSPS) is 13.5. The third-order valence-electron chi connectivity index (χ3n) is 3.40. The molecule has 6 heteroatoms. The topological polar surface area (TPSA) is 60.2 Å². The number of hydrogen-bond donors (Lipinski definition) is 0. The van der Waals surface area contributed by atoms with Crippen molar-refractivity contribution in [1.82, 2.24) is 5.16 Å². The van der Waals surface area contributed by atoms with Gasteiger partial charge < -0.3 is 4.52 Å². The van der Waals surface area contributed by atoms with Crippen molar-refractivity contribution in [3.05, 3.63) is 60.4 Å². The third-order valence-corrected chi connectivity index (χ3v) is 4.70. The first-order valence-corrected chi connectivity index (χ1v) is 9.00. The lowest BCUT2D eigenvalue weighted by Gasteiger charge is -2.05. The number of aromatic nitrogens is 1. The molecule has 0 amide bonds. The van der Waals surface area contributed by atoms with Gasteiger partial charge in [-0.2, -0.15) is 0 Å². The van der Waals surface area contributed by atoms with Gasteiger partial charge in [0.2, 0.25) is 0 Å². The zero-order valence-electron chi connectivity index (χ0n) is 14.2. The van der Waals surface area contributed by atoms with E-state index >= 15 is 0 Å². The second-order valence-corrected chi connectivity index (χ2v) is 7.20. The van der Waals surface area contributed by atoms with Gasteiger partial charge in [-0.1, -0.05) is 47.6 Å². The van der Waals surface area contributed by atoms with Gasteiger partial charge in [0, 0.05) is 11.8 Å². The lowest BCUT2D eigenvalue weighted by molar-refractivity contribution is 0.397. The van der Waals surface area contributed by atoms with Gasteiger partial charge in [0.15, 0.2) is 15.6 Å². The molecule has 0 bridgehead atoms. The number of hydrogen-bond acceptors (Lipinski definition) is 4. The van der Waals surface area contributed by atoms with Gasteiger partial charge >= 0.3 is 0 Å². The molecule has 1 heterocycles. The van der Waals surface area contributed by atoms with E-state index in [4.69, 9.17) is 18.9 Å². The summed E-state index contributed by atoms with van der Waals surface area (Å²) in [5.74, 6) is -2.38. The highest BCUT2D eigenvalue weighted by atomic mass is 35.5. The van der Waals surface area contributed by atoms with Crippen molar-refractivity contribution >= 4 is 21.4 Å². The number of halogens is 1. The molecule has 0 atom stereocenters. The Hall–Kier alpha value is -2.11. The van der Waals surface area contributed by atoms with Crippen molar-refractivity contribution in [3.63, 3.8) is 0 Å². The fraction of sp³-hybridized carbons (Fsp3) is 0.118. The molecule has 0 aliphatic carbocycles. The van der Waals surface area contributed by atoms with Crippen LogP contribution in [0.5, 0.6) is 0 Å². The molecule has 0 saturated heterocycles. The predicted octanol–water partition coefficient (Wildman–Crippen LogP) is 4.15. The SMILES string of the molecule is [2H]C([2H])(Cl)c1onc(-c2ccccc2)c1-c1ccc(S(C)(=O)=O)cc1. The van der Waals surface area contributed by atoms with E-state index in [0.29, 0.717) is 16.8 Å². The van der Waals surface area contributed by atoms with Crippen molar-refractivity contribution in [2.45, 2.75) is 10.7 Å². The fourth-order valence-corrected chi connectivity index (χ4v) is 3.04. The maximum atomic E-state index is 11.6.